The first-order chi connectivity index (χ1) is 15.6. The van der Waals surface area contributed by atoms with Crippen LogP contribution >= 0.6 is 11.3 Å². The molecule has 0 unspecified atom stereocenters. The van der Waals surface area contributed by atoms with Gasteiger partial charge in [0.05, 0.1) is 32.9 Å². The van der Waals surface area contributed by atoms with Crippen molar-refractivity contribution in [3.8, 4) is 11.4 Å². The molecule has 0 aliphatic carbocycles. The number of alkyl halides is 3. The summed E-state index contributed by atoms with van der Waals surface area (Å²) in [6.45, 7) is 1.94. The summed E-state index contributed by atoms with van der Waals surface area (Å²) in [5.41, 5.74) is 2.33. The maximum atomic E-state index is 12.9. The van der Waals surface area contributed by atoms with E-state index in [1.165, 1.54) is 18.2 Å². The molecule has 11 heteroatoms. The van der Waals surface area contributed by atoms with Crippen molar-refractivity contribution in [2.24, 2.45) is 0 Å². The van der Waals surface area contributed by atoms with Crippen LogP contribution in [0.15, 0.2) is 48.5 Å². The molecule has 0 fully saturated rings. The Morgan fingerprint density at radius 2 is 1.85 bits per heavy atom. The predicted octanol–water partition coefficient (Wildman–Crippen LogP) is 4.86. The number of rotatable bonds is 6. The number of nitrogens with zero attached hydrogens (tertiary/aromatic N) is 3. The second-order valence-electron chi connectivity index (χ2n) is 7.13. The van der Waals surface area contributed by atoms with Gasteiger partial charge in [-0.25, -0.2) is 9.67 Å². The van der Waals surface area contributed by atoms with Gasteiger partial charge in [-0.2, -0.15) is 18.3 Å². The van der Waals surface area contributed by atoms with Crippen molar-refractivity contribution in [3.63, 3.8) is 0 Å². The second kappa shape index (κ2) is 8.66. The fourth-order valence-corrected chi connectivity index (χ4v) is 4.16. The van der Waals surface area contributed by atoms with Crippen molar-refractivity contribution in [2.45, 2.75) is 20.0 Å². The Kier molecular flexibility index (Phi) is 5.90. The molecule has 1 N–H and O–H groups in total. The third-order valence-corrected chi connectivity index (χ3v) is 5.64. The Morgan fingerprint density at radius 1 is 1.12 bits per heavy atom. The minimum absolute atomic E-state index is 0.0250. The lowest BCUT2D eigenvalue weighted by Gasteiger charge is -2.08. The summed E-state index contributed by atoms with van der Waals surface area (Å²) >= 11 is 1.02. The molecule has 4 rings (SSSR count). The van der Waals surface area contributed by atoms with E-state index in [1.807, 2.05) is 30.3 Å². The summed E-state index contributed by atoms with van der Waals surface area (Å²) in [4.78, 5) is 29.7. The molecule has 0 aliphatic heterocycles. The lowest BCUT2D eigenvalue weighted by atomic mass is 10.1. The maximum Gasteiger partial charge on any atom is 0.422 e. The SMILES string of the molecule is Cc1nn(-c2ccccc2)c(C)c1C(=O)C(=O)Nc1nc2ccc(OCC(F)(F)F)cc2s1. The summed E-state index contributed by atoms with van der Waals surface area (Å²) in [5.74, 6) is -1.63. The average molecular weight is 474 g/mol. The molecule has 0 radical (unpaired) electrons. The lowest BCUT2D eigenvalue weighted by Crippen LogP contribution is -2.23. The first-order valence-electron chi connectivity index (χ1n) is 9.70. The van der Waals surface area contributed by atoms with Crippen LogP contribution in [0, 0.1) is 13.8 Å². The van der Waals surface area contributed by atoms with Gasteiger partial charge in [0.25, 0.3) is 11.7 Å². The number of carbonyl (C=O) groups excluding carboxylic acids is 2. The predicted molar refractivity (Wildman–Crippen MR) is 117 cm³/mol. The largest absolute Gasteiger partial charge is 0.484 e. The van der Waals surface area contributed by atoms with Gasteiger partial charge in [-0.05, 0) is 44.2 Å². The zero-order valence-corrected chi connectivity index (χ0v) is 18.3. The number of hydrogen-bond donors (Lipinski definition) is 1. The van der Waals surface area contributed by atoms with Crippen molar-refractivity contribution in [1.29, 1.82) is 0 Å². The topological polar surface area (TPSA) is 86.1 Å². The number of para-hydroxylation sites is 1. The fourth-order valence-electron chi connectivity index (χ4n) is 3.27. The van der Waals surface area contributed by atoms with E-state index in [-0.39, 0.29) is 16.4 Å². The molecule has 2 heterocycles. The van der Waals surface area contributed by atoms with Crippen molar-refractivity contribution in [3.05, 3.63) is 65.5 Å². The number of thiazole rings is 1. The van der Waals surface area contributed by atoms with E-state index in [0.29, 0.717) is 21.6 Å². The molecular weight excluding hydrogens is 457 g/mol. The van der Waals surface area contributed by atoms with Crippen LogP contribution in [-0.4, -0.2) is 39.2 Å². The summed E-state index contributed by atoms with van der Waals surface area (Å²) in [6.07, 6.45) is -4.45. The van der Waals surface area contributed by atoms with Gasteiger partial charge in [-0.3, -0.25) is 14.9 Å². The van der Waals surface area contributed by atoms with Gasteiger partial charge < -0.3 is 4.74 Å². The number of amides is 1. The molecule has 170 valence electrons. The van der Waals surface area contributed by atoms with Gasteiger partial charge in [-0.15, -0.1) is 0 Å². The highest BCUT2D eigenvalue weighted by atomic mass is 32.1. The molecular formula is C22H17F3N4O3S. The number of Topliss-reactive ketones (excluding diaryl/α,β-unsaturated/α-hetero) is 1. The number of ketones is 1. The Labute approximate surface area is 189 Å². The molecule has 0 atom stereocenters. The third-order valence-electron chi connectivity index (χ3n) is 4.71. The molecule has 0 saturated carbocycles. The van der Waals surface area contributed by atoms with Gasteiger partial charge >= 0.3 is 6.18 Å². The quantitative estimate of drug-likeness (QED) is 0.319. The maximum absolute atomic E-state index is 12.9. The highest BCUT2D eigenvalue weighted by Crippen LogP contribution is 2.30. The summed E-state index contributed by atoms with van der Waals surface area (Å²) in [7, 11) is 0. The number of anilines is 1. The number of benzene rings is 2. The number of carbonyl (C=O) groups is 2. The summed E-state index contributed by atoms with van der Waals surface area (Å²) in [5, 5.41) is 6.99. The van der Waals surface area contributed by atoms with Crippen LogP contribution < -0.4 is 10.1 Å². The molecule has 0 aliphatic rings. The van der Waals surface area contributed by atoms with E-state index in [4.69, 9.17) is 4.74 Å². The Hall–Kier alpha value is -3.73. The van der Waals surface area contributed by atoms with Crippen LogP contribution in [0.1, 0.15) is 21.7 Å². The van der Waals surface area contributed by atoms with Gasteiger partial charge in [0.2, 0.25) is 0 Å². The summed E-state index contributed by atoms with van der Waals surface area (Å²) in [6, 6.07) is 13.4. The molecule has 2 aromatic carbocycles. The Balaban J connectivity index is 1.52. The van der Waals surface area contributed by atoms with Gasteiger partial charge in [0.1, 0.15) is 5.75 Å². The van der Waals surface area contributed by atoms with E-state index in [1.54, 1.807) is 18.5 Å². The first-order valence-corrected chi connectivity index (χ1v) is 10.5. The number of aromatic nitrogens is 3. The molecule has 4 aromatic rings. The minimum atomic E-state index is -4.45. The smallest absolute Gasteiger partial charge is 0.422 e. The molecule has 1 amide bonds. The van der Waals surface area contributed by atoms with Crippen LogP contribution in [0.25, 0.3) is 15.9 Å². The number of fused-ring (bicyclic) bond motifs is 1. The van der Waals surface area contributed by atoms with Gasteiger partial charge in [-0.1, -0.05) is 29.5 Å². The van der Waals surface area contributed by atoms with Crippen LogP contribution in [0.3, 0.4) is 0 Å². The molecule has 7 nitrogen and oxygen atoms in total. The van der Waals surface area contributed by atoms with Gasteiger partial charge in [0.15, 0.2) is 11.7 Å². The van der Waals surface area contributed by atoms with E-state index in [2.05, 4.69) is 15.4 Å². The van der Waals surface area contributed by atoms with E-state index >= 15 is 0 Å². The second-order valence-corrected chi connectivity index (χ2v) is 8.16. The molecule has 0 saturated heterocycles. The number of hydrogen-bond acceptors (Lipinski definition) is 6. The van der Waals surface area contributed by atoms with E-state index < -0.39 is 24.5 Å². The van der Waals surface area contributed by atoms with Crippen LogP contribution in [0.4, 0.5) is 18.3 Å². The normalized spacial score (nSPS) is 11.5. The van der Waals surface area contributed by atoms with Crippen LogP contribution in [-0.2, 0) is 4.79 Å². The van der Waals surface area contributed by atoms with Crippen molar-refractivity contribution in [2.75, 3.05) is 11.9 Å². The van der Waals surface area contributed by atoms with Crippen LogP contribution in [0.5, 0.6) is 5.75 Å². The average Bonchev–Trinajstić information content (AvgIpc) is 3.30. The Bertz CT molecular complexity index is 1350. The monoisotopic (exact) mass is 474 g/mol. The molecule has 0 bridgehead atoms. The van der Waals surface area contributed by atoms with Crippen LogP contribution in [0.2, 0.25) is 0 Å². The number of ether oxygens (including phenoxy) is 1. The molecule has 33 heavy (non-hydrogen) atoms. The third kappa shape index (κ3) is 4.87. The standard InChI is InChI=1S/C22H17F3N4O3S/c1-12-18(13(2)29(28-12)14-6-4-3-5-7-14)19(30)20(31)27-21-26-16-9-8-15(10-17(16)33-21)32-11-22(23,24)25/h3-10H,11H2,1-2H3,(H,26,27,31). The van der Waals surface area contributed by atoms with Crippen molar-refractivity contribution >= 4 is 38.4 Å². The zero-order valence-electron chi connectivity index (χ0n) is 17.4. The summed E-state index contributed by atoms with van der Waals surface area (Å²) < 4.78 is 43.9. The van der Waals surface area contributed by atoms with Crippen molar-refractivity contribution in [1.82, 2.24) is 14.8 Å². The number of nitrogens with one attached hydrogen (secondary N) is 1. The molecule has 2 aromatic heterocycles. The molecule has 0 spiro atoms. The lowest BCUT2D eigenvalue weighted by molar-refractivity contribution is -0.153. The van der Waals surface area contributed by atoms with E-state index in [0.717, 1.165) is 17.0 Å². The van der Waals surface area contributed by atoms with E-state index in [9.17, 15) is 22.8 Å². The first kappa shape index (κ1) is 22.5. The number of aryl methyl sites for hydroxylation is 1. The van der Waals surface area contributed by atoms with Gasteiger partial charge in [0, 0.05) is 0 Å². The fraction of sp³-hybridized carbons (Fsp3) is 0.182. The van der Waals surface area contributed by atoms with Crippen molar-refractivity contribution < 1.29 is 27.5 Å². The minimum Gasteiger partial charge on any atom is -0.484 e. The number of halogens is 3. The highest BCUT2D eigenvalue weighted by molar-refractivity contribution is 7.22. The zero-order chi connectivity index (χ0) is 23.8. The Morgan fingerprint density at radius 3 is 2.55 bits per heavy atom. The highest BCUT2D eigenvalue weighted by Gasteiger charge is 2.29.